The molecule has 0 spiro atoms. The molecule has 20 heavy (non-hydrogen) atoms. The molecule has 1 unspecified atom stereocenters. The molecule has 0 bridgehead atoms. The Morgan fingerprint density at radius 3 is 2.10 bits per heavy atom. The highest BCUT2D eigenvalue weighted by Gasteiger charge is 2.21. The molecule has 1 rings (SSSR count). The van der Waals surface area contributed by atoms with Crippen molar-refractivity contribution in [3.8, 4) is 0 Å². The van der Waals surface area contributed by atoms with E-state index in [9.17, 15) is 8.42 Å². The Labute approximate surface area is 123 Å². The second-order valence-electron chi connectivity index (χ2n) is 5.68. The minimum Gasteiger partial charge on any atom is -0.309 e. The highest BCUT2D eigenvalue weighted by molar-refractivity contribution is 7.91. The van der Waals surface area contributed by atoms with Gasteiger partial charge in [-0.25, -0.2) is 8.42 Å². The van der Waals surface area contributed by atoms with E-state index in [0.717, 1.165) is 18.5 Å². The van der Waals surface area contributed by atoms with Crippen LogP contribution in [0.1, 0.15) is 44.9 Å². The standard InChI is InChI=1S/C16H27NO2S/c1-5-14-7-9-15(10-8-14)16(17-6-2)12-20(18,19)11-13(3)4/h7-10,13,16-17H,5-6,11-12H2,1-4H3. The predicted octanol–water partition coefficient (Wildman–Crippen LogP) is 2.97. The van der Waals surface area contributed by atoms with Gasteiger partial charge in [0.25, 0.3) is 0 Å². The lowest BCUT2D eigenvalue weighted by Crippen LogP contribution is -2.30. The van der Waals surface area contributed by atoms with Crippen molar-refractivity contribution in [1.29, 1.82) is 0 Å². The number of hydrogen-bond acceptors (Lipinski definition) is 3. The number of benzene rings is 1. The summed E-state index contributed by atoms with van der Waals surface area (Å²) in [6.45, 7) is 8.76. The summed E-state index contributed by atoms with van der Waals surface area (Å²) in [5.41, 5.74) is 2.32. The van der Waals surface area contributed by atoms with E-state index in [0.29, 0.717) is 0 Å². The van der Waals surface area contributed by atoms with Crippen LogP contribution in [0.3, 0.4) is 0 Å². The molecule has 4 heteroatoms. The normalized spacial score (nSPS) is 13.7. The van der Waals surface area contributed by atoms with E-state index < -0.39 is 9.84 Å². The third-order valence-corrected chi connectivity index (χ3v) is 5.26. The molecular weight excluding hydrogens is 270 g/mol. The first kappa shape index (κ1) is 17.2. The average molecular weight is 297 g/mol. The van der Waals surface area contributed by atoms with Gasteiger partial charge in [-0.1, -0.05) is 52.0 Å². The van der Waals surface area contributed by atoms with Crippen LogP contribution in [0.15, 0.2) is 24.3 Å². The fourth-order valence-electron chi connectivity index (χ4n) is 2.33. The van der Waals surface area contributed by atoms with Gasteiger partial charge in [0.05, 0.1) is 11.5 Å². The quantitative estimate of drug-likeness (QED) is 0.802. The summed E-state index contributed by atoms with van der Waals surface area (Å²) < 4.78 is 24.4. The van der Waals surface area contributed by atoms with Crippen LogP contribution in [0.5, 0.6) is 0 Å². The van der Waals surface area contributed by atoms with Gasteiger partial charge in [0, 0.05) is 6.04 Å². The summed E-state index contributed by atoms with van der Waals surface area (Å²) >= 11 is 0. The zero-order valence-corrected chi connectivity index (χ0v) is 13.8. The van der Waals surface area contributed by atoms with Crippen molar-refractivity contribution in [2.24, 2.45) is 5.92 Å². The van der Waals surface area contributed by atoms with Crippen LogP contribution in [0.25, 0.3) is 0 Å². The fourth-order valence-corrected chi connectivity index (χ4v) is 4.30. The molecular formula is C16H27NO2S. The summed E-state index contributed by atoms with van der Waals surface area (Å²) in [7, 11) is -3.03. The minimum atomic E-state index is -3.03. The summed E-state index contributed by atoms with van der Waals surface area (Å²) in [4.78, 5) is 0. The van der Waals surface area contributed by atoms with Crippen molar-refractivity contribution >= 4 is 9.84 Å². The molecule has 0 fully saturated rings. The van der Waals surface area contributed by atoms with Crippen LogP contribution in [-0.4, -0.2) is 26.5 Å². The lowest BCUT2D eigenvalue weighted by molar-refractivity contribution is 0.551. The molecule has 0 aliphatic carbocycles. The first-order valence-electron chi connectivity index (χ1n) is 7.40. The van der Waals surface area contributed by atoms with Gasteiger partial charge in [-0.15, -0.1) is 0 Å². The van der Waals surface area contributed by atoms with Gasteiger partial charge in [0.15, 0.2) is 9.84 Å². The molecule has 0 saturated heterocycles. The number of aryl methyl sites for hydroxylation is 1. The highest BCUT2D eigenvalue weighted by atomic mass is 32.2. The summed E-state index contributed by atoms with van der Waals surface area (Å²) in [6, 6.07) is 8.12. The summed E-state index contributed by atoms with van der Waals surface area (Å²) in [6.07, 6.45) is 0.998. The molecule has 1 atom stereocenters. The largest absolute Gasteiger partial charge is 0.309 e. The third kappa shape index (κ3) is 5.63. The van der Waals surface area contributed by atoms with Gasteiger partial charge in [0.2, 0.25) is 0 Å². The molecule has 0 aromatic heterocycles. The van der Waals surface area contributed by atoms with Crippen molar-refractivity contribution < 1.29 is 8.42 Å². The van der Waals surface area contributed by atoms with Gasteiger partial charge in [0.1, 0.15) is 0 Å². The van der Waals surface area contributed by atoms with E-state index in [1.54, 1.807) is 0 Å². The van der Waals surface area contributed by atoms with Gasteiger partial charge in [-0.05, 0) is 30.0 Å². The van der Waals surface area contributed by atoms with Crippen LogP contribution in [-0.2, 0) is 16.3 Å². The zero-order chi connectivity index (χ0) is 15.2. The SMILES string of the molecule is CCNC(CS(=O)(=O)CC(C)C)c1ccc(CC)cc1. The Balaban J connectivity index is 2.87. The Kier molecular flexibility index (Phi) is 6.69. The maximum absolute atomic E-state index is 12.2. The van der Waals surface area contributed by atoms with E-state index in [1.165, 1.54) is 5.56 Å². The van der Waals surface area contributed by atoms with Crippen LogP contribution >= 0.6 is 0 Å². The van der Waals surface area contributed by atoms with E-state index in [1.807, 2.05) is 32.9 Å². The number of nitrogens with one attached hydrogen (secondary N) is 1. The Morgan fingerprint density at radius 2 is 1.65 bits per heavy atom. The van der Waals surface area contributed by atoms with Gasteiger partial charge >= 0.3 is 0 Å². The second-order valence-corrected chi connectivity index (χ2v) is 7.83. The summed E-state index contributed by atoms with van der Waals surface area (Å²) in [5, 5.41) is 3.29. The van der Waals surface area contributed by atoms with Crippen molar-refractivity contribution in [2.75, 3.05) is 18.1 Å². The monoisotopic (exact) mass is 297 g/mol. The molecule has 0 aliphatic rings. The molecule has 114 valence electrons. The van der Waals surface area contributed by atoms with Crippen molar-refractivity contribution in [3.05, 3.63) is 35.4 Å². The van der Waals surface area contributed by atoms with Gasteiger partial charge < -0.3 is 5.32 Å². The van der Waals surface area contributed by atoms with E-state index in [4.69, 9.17) is 0 Å². The zero-order valence-electron chi connectivity index (χ0n) is 13.0. The van der Waals surface area contributed by atoms with E-state index in [-0.39, 0.29) is 23.5 Å². The molecule has 1 aromatic rings. The molecule has 0 aliphatic heterocycles. The van der Waals surface area contributed by atoms with Crippen LogP contribution in [0.2, 0.25) is 0 Å². The molecule has 0 heterocycles. The maximum Gasteiger partial charge on any atom is 0.152 e. The fraction of sp³-hybridized carbons (Fsp3) is 0.625. The number of hydrogen-bond donors (Lipinski definition) is 1. The highest BCUT2D eigenvalue weighted by Crippen LogP contribution is 2.18. The van der Waals surface area contributed by atoms with E-state index in [2.05, 4.69) is 24.4 Å². The topological polar surface area (TPSA) is 46.2 Å². The van der Waals surface area contributed by atoms with Crippen LogP contribution in [0, 0.1) is 5.92 Å². The van der Waals surface area contributed by atoms with Crippen molar-refractivity contribution in [1.82, 2.24) is 5.32 Å². The lowest BCUT2D eigenvalue weighted by Gasteiger charge is -2.19. The molecule has 1 aromatic carbocycles. The second kappa shape index (κ2) is 7.79. The Morgan fingerprint density at radius 1 is 1.05 bits per heavy atom. The molecule has 3 nitrogen and oxygen atoms in total. The average Bonchev–Trinajstić information content (AvgIpc) is 2.36. The molecule has 0 radical (unpaired) electrons. The van der Waals surface area contributed by atoms with Gasteiger partial charge in [-0.2, -0.15) is 0 Å². The van der Waals surface area contributed by atoms with Gasteiger partial charge in [-0.3, -0.25) is 0 Å². The van der Waals surface area contributed by atoms with Crippen molar-refractivity contribution in [2.45, 2.75) is 40.2 Å². The molecule has 0 amide bonds. The van der Waals surface area contributed by atoms with Crippen LogP contribution < -0.4 is 5.32 Å². The first-order chi connectivity index (χ1) is 9.38. The molecule has 1 N–H and O–H groups in total. The number of sulfone groups is 1. The van der Waals surface area contributed by atoms with E-state index >= 15 is 0 Å². The smallest absolute Gasteiger partial charge is 0.152 e. The number of rotatable bonds is 8. The van der Waals surface area contributed by atoms with Crippen LogP contribution in [0.4, 0.5) is 0 Å². The molecule has 0 saturated carbocycles. The maximum atomic E-state index is 12.2. The Hall–Kier alpha value is -0.870. The third-order valence-electron chi connectivity index (χ3n) is 3.25. The first-order valence-corrected chi connectivity index (χ1v) is 9.22. The minimum absolute atomic E-state index is 0.116. The lowest BCUT2D eigenvalue weighted by atomic mass is 10.0. The Bertz CT molecular complexity index is 492. The predicted molar refractivity (Wildman–Crippen MR) is 85.7 cm³/mol. The summed E-state index contributed by atoms with van der Waals surface area (Å²) in [5.74, 6) is 0.594. The van der Waals surface area contributed by atoms with Crippen molar-refractivity contribution in [3.63, 3.8) is 0 Å².